The van der Waals surface area contributed by atoms with Crippen molar-refractivity contribution in [1.82, 2.24) is 0 Å². The third-order valence-corrected chi connectivity index (χ3v) is 3.27. The number of anilines is 1. The molecule has 1 N–H and O–H groups in total. The molecule has 0 saturated heterocycles. The number of rotatable bonds is 6. The molecule has 0 spiro atoms. The van der Waals surface area contributed by atoms with E-state index >= 15 is 0 Å². The Kier molecular flexibility index (Phi) is 5.78. The van der Waals surface area contributed by atoms with Gasteiger partial charge in [-0.05, 0) is 24.1 Å². The van der Waals surface area contributed by atoms with Crippen LogP contribution in [0.25, 0.3) is 0 Å². The summed E-state index contributed by atoms with van der Waals surface area (Å²) in [6.45, 7) is 2.95. The molecule has 0 aromatic heterocycles. The van der Waals surface area contributed by atoms with E-state index in [0.29, 0.717) is 13.2 Å². The summed E-state index contributed by atoms with van der Waals surface area (Å²) in [5, 5.41) is 2.80. The van der Waals surface area contributed by atoms with E-state index < -0.39 is 0 Å². The molecule has 0 fully saturated rings. The molecule has 3 nitrogen and oxygen atoms in total. The van der Waals surface area contributed by atoms with Gasteiger partial charge in [-0.1, -0.05) is 42.5 Å². The number of aryl methyl sites for hydroxylation is 1. The number of hydrogen-bond donors (Lipinski definition) is 1. The lowest BCUT2D eigenvalue weighted by Crippen LogP contribution is -2.14. The summed E-state index contributed by atoms with van der Waals surface area (Å²) in [5.74, 6) is -0.273. The second-order valence-corrected chi connectivity index (χ2v) is 5.09. The van der Waals surface area contributed by atoms with E-state index in [1.165, 1.54) is 0 Å². The zero-order valence-corrected chi connectivity index (χ0v) is 12.7. The molecular weight excluding hydrogens is 286 g/mol. The van der Waals surface area contributed by atoms with E-state index in [0.717, 1.165) is 22.4 Å². The van der Waals surface area contributed by atoms with Gasteiger partial charge in [0.1, 0.15) is 5.88 Å². The van der Waals surface area contributed by atoms with Gasteiger partial charge in [-0.25, -0.2) is 0 Å². The monoisotopic (exact) mass is 303 g/mol. The topological polar surface area (TPSA) is 38.3 Å². The van der Waals surface area contributed by atoms with Crippen LogP contribution < -0.4 is 5.32 Å². The highest BCUT2D eigenvalue weighted by Crippen LogP contribution is 2.19. The van der Waals surface area contributed by atoms with E-state index in [1.54, 1.807) is 0 Å². The summed E-state index contributed by atoms with van der Waals surface area (Å²) in [6.07, 6.45) is 0. The normalized spacial score (nSPS) is 10.4. The number of carbonyl (C=O) groups is 1. The van der Waals surface area contributed by atoms with Crippen LogP contribution in [0.15, 0.2) is 48.5 Å². The van der Waals surface area contributed by atoms with Gasteiger partial charge in [0.2, 0.25) is 5.91 Å². The molecule has 2 aromatic rings. The molecule has 0 saturated carbocycles. The zero-order chi connectivity index (χ0) is 15.1. The molecule has 0 unspecified atom stereocenters. The van der Waals surface area contributed by atoms with Gasteiger partial charge >= 0.3 is 0 Å². The van der Waals surface area contributed by atoms with E-state index in [1.807, 2.05) is 55.5 Å². The lowest BCUT2D eigenvalue weighted by atomic mass is 10.1. The number of hydrogen-bond acceptors (Lipinski definition) is 2. The largest absolute Gasteiger partial charge is 0.372 e. The van der Waals surface area contributed by atoms with E-state index in [4.69, 9.17) is 16.3 Å². The predicted octanol–water partition coefficient (Wildman–Crippen LogP) is 3.89. The SMILES string of the molecule is Cc1ccc(COCc2ccccc2)c(NC(=O)CCl)c1. The maximum Gasteiger partial charge on any atom is 0.239 e. The van der Waals surface area contributed by atoms with Gasteiger partial charge in [-0.2, -0.15) is 0 Å². The molecule has 4 heteroatoms. The van der Waals surface area contributed by atoms with Gasteiger partial charge < -0.3 is 10.1 Å². The van der Waals surface area contributed by atoms with Crippen LogP contribution in [-0.4, -0.2) is 11.8 Å². The fourth-order valence-corrected chi connectivity index (χ4v) is 2.04. The molecular formula is C17H18ClNO2. The third kappa shape index (κ3) is 4.88. The smallest absolute Gasteiger partial charge is 0.239 e. The first-order valence-electron chi connectivity index (χ1n) is 6.76. The van der Waals surface area contributed by atoms with Gasteiger partial charge in [-0.3, -0.25) is 4.79 Å². The average Bonchev–Trinajstić information content (AvgIpc) is 2.50. The minimum absolute atomic E-state index is 0.0573. The molecule has 0 aliphatic carbocycles. The summed E-state index contributed by atoms with van der Waals surface area (Å²) in [7, 11) is 0. The molecule has 0 bridgehead atoms. The number of nitrogens with one attached hydrogen (secondary N) is 1. The first-order chi connectivity index (χ1) is 10.2. The Hall–Kier alpha value is -1.84. The Balaban J connectivity index is 2.00. The fourth-order valence-electron chi connectivity index (χ4n) is 1.97. The lowest BCUT2D eigenvalue weighted by molar-refractivity contribution is -0.113. The van der Waals surface area contributed by atoms with Gasteiger partial charge in [0.05, 0.1) is 13.2 Å². The number of amides is 1. The second kappa shape index (κ2) is 7.81. The van der Waals surface area contributed by atoms with Crippen LogP contribution in [0.3, 0.4) is 0 Å². The van der Waals surface area contributed by atoms with Crippen molar-refractivity contribution in [1.29, 1.82) is 0 Å². The Morgan fingerprint density at radius 2 is 1.90 bits per heavy atom. The fraction of sp³-hybridized carbons (Fsp3) is 0.235. The number of ether oxygens (including phenoxy) is 1. The number of alkyl halides is 1. The molecule has 2 aromatic carbocycles. The van der Waals surface area contributed by atoms with Crippen molar-refractivity contribution in [2.45, 2.75) is 20.1 Å². The summed E-state index contributed by atoms with van der Waals surface area (Å²) in [4.78, 5) is 11.5. The summed E-state index contributed by atoms with van der Waals surface area (Å²) < 4.78 is 5.72. The molecule has 0 radical (unpaired) electrons. The van der Waals surface area contributed by atoms with Crippen LogP contribution >= 0.6 is 11.6 Å². The average molecular weight is 304 g/mol. The molecule has 110 valence electrons. The van der Waals surface area contributed by atoms with Crippen molar-refractivity contribution in [3.05, 3.63) is 65.2 Å². The van der Waals surface area contributed by atoms with Crippen molar-refractivity contribution < 1.29 is 9.53 Å². The Morgan fingerprint density at radius 3 is 2.62 bits per heavy atom. The maximum atomic E-state index is 11.5. The Labute approximate surface area is 129 Å². The standard InChI is InChI=1S/C17H18ClNO2/c1-13-7-8-15(16(9-13)19-17(20)10-18)12-21-11-14-5-3-2-4-6-14/h2-9H,10-12H2,1H3,(H,19,20). The molecule has 0 atom stereocenters. The highest BCUT2D eigenvalue weighted by Gasteiger charge is 2.07. The molecule has 0 aliphatic rings. The Morgan fingerprint density at radius 1 is 1.14 bits per heavy atom. The van der Waals surface area contributed by atoms with Crippen molar-refractivity contribution in [2.75, 3.05) is 11.2 Å². The molecule has 21 heavy (non-hydrogen) atoms. The van der Waals surface area contributed by atoms with E-state index in [9.17, 15) is 4.79 Å². The minimum atomic E-state index is -0.216. The van der Waals surface area contributed by atoms with Crippen LogP contribution in [0.5, 0.6) is 0 Å². The van der Waals surface area contributed by atoms with Crippen LogP contribution in [0.2, 0.25) is 0 Å². The number of benzene rings is 2. The van der Waals surface area contributed by atoms with Crippen molar-refractivity contribution in [3.63, 3.8) is 0 Å². The maximum absolute atomic E-state index is 11.5. The highest BCUT2D eigenvalue weighted by atomic mass is 35.5. The Bertz CT molecular complexity index is 599. The van der Waals surface area contributed by atoms with Gasteiger partial charge in [0.25, 0.3) is 0 Å². The molecule has 1 amide bonds. The van der Waals surface area contributed by atoms with Crippen LogP contribution in [0.4, 0.5) is 5.69 Å². The first kappa shape index (κ1) is 15.5. The van der Waals surface area contributed by atoms with E-state index in [2.05, 4.69) is 5.32 Å². The molecule has 0 heterocycles. The van der Waals surface area contributed by atoms with Gasteiger partial charge in [0, 0.05) is 11.3 Å². The van der Waals surface area contributed by atoms with Crippen molar-refractivity contribution in [2.24, 2.45) is 0 Å². The quantitative estimate of drug-likeness (QED) is 0.822. The van der Waals surface area contributed by atoms with Gasteiger partial charge in [-0.15, -0.1) is 11.6 Å². The van der Waals surface area contributed by atoms with Crippen LogP contribution in [0, 0.1) is 6.92 Å². The van der Waals surface area contributed by atoms with Crippen molar-refractivity contribution >= 4 is 23.2 Å². The summed E-state index contributed by atoms with van der Waals surface area (Å²) in [5.41, 5.74) is 3.89. The predicted molar refractivity (Wildman–Crippen MR) is 85.5 cm³/mol. The van der Waals surface area contributed by atoms with E-state index in [-0.39, 0.29) is 11.8 Å². The third-order valence-electron chi connectivity index (χ3n) is 3.03. The lowest BCUT2D eigenvalue weighted by Gasteiger charge is -2.12. The summed E-state index contributed by atoms with van der Waals surface area (Å²) in [6, 6.07) is 15.9. The van der Waals surface area contributed by atoms with Gasteiger partial charge in [0.15, 0.2) is 0 Å². The second-order valence-electron chi connectivity index (χ2n) is 4.82. The van der Waals surface area contributed by atoms with Crippen LogP contribution in [-0.2, 0) is 22.7 Å². The van der Waals surface area contributed by atoms with Crippen LogP contribution in [0.1, 0.15) is 16.7 Å². The molecule has 2 rings (SSSR count). The first-order valence-corrected chi connectivity index (χ1v) is 7.29. The highest BCUT2D eigenvalue weighted by molar-refractivity contribution is 6.29. The number of halogens is 1. The van der Waals surface area contributed by atoms with Crippen molar-refractivity contribution in [3.8, 4) is 0 Å². The minimum Gasteiger partial charge on any atom is -0.372 e. The molecule has 0 aliphatic heterocycles. The number of carbonyl (C=O) groups excluding carboxylic acids is 1. The summed E-state index contributed by atoms with van der Waals surface area (Å²) >= 11 is 5.54. The zero-order valence-electron chi connectivity index (χ0n) is 11.9.